The quantitative estimate of drug-likeness (QED) is 0.664. The largest absolute Gasteiger partial charge is 0.358 e. The molecule has 1 rings (SSSR count). The van der Waals surface area contributed by atoms with E-state index in [1.165, 1.54) is 12.5 Å². The van der Waals surface area contributed by atoms with Gasteiger partial charge in [-0.3, -0.25) is 4.55 Å². The minimum Gasteiger partial charge on any atom is -0.317 e. The average molecular weight is 191 g/mol. The summed E-state index contributed by atoms with van der Waals surface area (Å²) >= 11 is 0. The Bertz CT molecular complexity index is 356. The molecule has 0 unspecified atom stereocenters. The van der Waals surface area contributed by atoms with E-state index >= 15 is 0 Å². The van der Waals surface area contributed by atoms with Crippen LogP contribution in [0.5, 0.6) is 0 Å². The number of imidazole rings is 1. The number of nitrogens with one attached hydrogen (secondary N) is 1. The van der Waals surface area contributed by atoms with Crippen molar-refractivity contribution < 1.29 is 13.0 Å². The molecule has 0 saturated carbocycles. The Balaban J connectivity index is 2.89. The van der Waals surface area contributed by atoms with Gasteiger partial charge in [-0.1, -0.05) is 0 Å². The van der Waals surface area contributed by atoms with Crippen LogP contribution in [0.25, 0.3) is 0 Å². The summed E-state index contributed by atoms with van der Waals surface area (Å²) < 4.78 is 32.6. The van der Waals surface area contributed by atoms with E-state index in [9.17, 15) is 8.42 Å². The molecule has 68 valence electrons. The van der Waals surface area contributed by atoms with Gasteiger partial charge in [-0.05, 0) is 6.92 Å². The standard InChI is InChI=1S/C5H9N3O3S/c1-2-8-4-6-3-5(8)7-12(9,10)11/h3-4,7H,2H2,1H3,(H,9,10,11). The first kappa shape index (κ1) is 9.01. The molecule has 0 saturated heterocycles. The number of anilines is 1. The van der Waals surface area contributed by atoms with Crippen molar-refractivity contribution in [2.75, 3.05) is 4.72 Å². The van der Waals surface area contributed by atoms with Gasteiger partial charge < -0.3 is 4.57 Å². The normalized spacial score (nSPS) is 11.5. The lowest BCUT2D eigenvalue weighted by Crippen LogP contribution is -2.13. The molecule has 2 N–H and O–H groups in total. The molecule has 0 aliphatic rings. The topological polar surface area (TPSA) is 84.2 Å². The lowest BCUT2D eigenvalue weighted by Gasteiger charge is -2.03. The van der Waals surface area contributed by atoms with Crippen molar-refractivity contribution in [3.05, 3.63) is 12.5 Å². The van der Waals surface area contributed by atoms with Gasteiger partial charge in [0.1, 0.15) is 5.82 Å². The highest BCUT2D eigenvalue weighted by Crippen LogP contribution is 2.06. The van der Waals surface area contributed by atoms with Crippen LogP contribution in [0.1, 0.15) is 6.92 Å². The molecule has 0 amide bonds. The van der Waals surface area contributed by atoms with Crippen molar-refractivity contribution in [1.29, 1.82) is 0 Å². The maximum absolute atomic E-state index is 10.4. The molecule has 0 spiro atoms. The summed E-state index contributed by atoms with van der Waals surface area (Å²) in [5, 5.41) is 0. The summed E-state index contributed by atoms with van der Waals surface area (Å²) in [5.41, 5.74) is 0. The third-order valence-corrected chi connectivity index (χ3v) is 1.75. The number of hydrogen-bond acceptors (Lipinski definition) is 3. The summed E-state index contributed by atoms with van der Waals surface area (Å²) in [6.45, 7) is 2.41. The summed E-state index contributed by atoms with van der Waals surface area (Å²) in [5.74, 6) is 0.250. The molecule has 1 aromatic heterocycles. The fraction of sp³-hybridized carbons (Fsp3) is 0.400. The van der Waals surface area contributed by atoms with E-state index in [4.69, 9.17) is 4.55 Å². The fourth-order valence-corrected chi connectivity index (χ4v) is 1.22. The second-order valence-electron chi connectivity index (χ2n) is 2.14. The lowest BCUT2D eigenvalue weighted by atomic mass is 10.7. The van der Waals surface area contributed by atoms with Crippen LogP contribution in [0.3, 0.4) is 0 Å². The maximum atomic E-state index is 10.4. The van der Waals surface area contributed by atoms with Crippen LogP contribution in [0.2, 0.25) is 0 Å². The van der Waals surface area contributed by atoms with Gasteiger partial charge in [0.25, 0.3) is 0 Å². The second kappa shape index (κ2) is 3.11. The molecule has 0 aliphatic heterocycles. The highest BCUT2D eigenvalue weighted by molar-refractivity contribution is 7.87. The number of aryl methyl sites for hydroxylation is 1. The molecular weight excluding hydrogens is 182 g/mol. The van der Waals surface area contributed by atoms with Gasteiger partial charge in [-0.15, -0.1) is 0 Å². The molecule has 1 heterocycles. The van der Waals surface area contributed by atoms with E-state index in [0.717, 1.165) is 0 Å². The maximum Gasteiger partial charge on any atom is 0.358 e. The summed E-state index contributed by atoms with van der Waals surface area (Å²) in [7, 11) is -4.19. The van der Waals surface area contributed by atoms with Crippen LogP contribution in [-0.2, 0) is 16.8 Å². The molecule has 7 heteroatoms. The Morgan fingerprint density at radius 3 is 2.92 bits per heavy atom. The van der Waals surface area contributed by atoms with Crippen LogP contribution < -0.4 is 4.72 Å². The third-order valence-electron chi connectivity index (χ3n) is 1.29. The van der Waals surface area contributed by atoms with Crippen LogP contribution in [0, 0.1) is 0 Å². The van der Waals surface area contributed by atoms with Crippen LogP contribution in [0.15, 0.2) is 12.5 Å². The molecule has 0 aliphatic carbocycles. The highest BCUT2D eigenvalue weighted by atomic mass is 32.2. The Morgan fingerprint density at radius 2 is 2.42 bits per heavy atom. The number of nitrogens with zero attached hydrogens (tertiary/aromatic N) is 2. The van der Waals surface area contributed by atoms with Gasteiger partial charge in [0, 0.05) is 6.54 Å². The Hall–Kier alpha value is -1.08. The van der Waals surface area contributed by atoms with E-state index in [0.29, 0.717) is 6.54 Å². The van der Waals surface area contributed by atoms with Crippen molar-refractivity contribution in [3.8, 4) is 0 Å². The Kier molecular flexibility index (Phi) is 2.34. The molecular formula is C5H9N3O3S. The zero-order chi connectivity index (χ0) is 9.19. The van der Waals surface area contributed by atoms with Crippen molar-refractivity contribution >= 4 is 16.1 Å². The predicted molar refractivity (Wildman–Crippen MR) is 43.1 cm³/mol. The minimum atomic E-state index is -4.19. The van der Waals surface area contributed by atoms with E-state index in [1.807, 2.05) is 11.6 Å². The molecule has 6 nitrogen and oxygen atoms in total. The first-order valence-electron chi connectivity index (χ1n) is 3.28. The van der Waals surface area contributed by atoms with E-state index in [2.05, 4.69) is 4.98 Å². The van der Waals surface area contributed by atoms with Crippen molar-refractivity contribution in [2.45, 2.75) is 13.5 Å². The molecule has 1 aromatic rings. The van der Waals surface area contributed by atoms with E-state index < -0.39 is 10.3 Å². The zero-order valence-electron chi connectivity index (χ0n) is 6.43. The Morgan fingerprint density at radius 1 is 1.75 bits per heavy atom. The van der Waals surface area contributed by atoms with Gasteiger partial charge in [-0.25, -0.2) is 9.71 Å². The fourth-order valence-electron chi connectivity index (χ4n) is 0.790. The van der Waals surface area contributed by atoms with Crippen LogP contribution in [0.4, 0.5) is 5.82 Å². The molecule has 0 fully saturated rings. The third kappa shape index (κ3) is 2.21. The van der Waals surface area contributed by atoms with Crippen molar-refractivity contribution in [3.63, 3.8) is 0 Å². The van der Waals surface area contributed by atoms with Gasteiger partial charge in [0.2, 0.25) is 0 Å². The van der Waals surface area contributed by atoms with Gasteiger partial charge in [0.15, 0.2) is 0 Å². The van der Waals surface area contributed by atoms with Gasteiger partial charge >= 0.3 is 10.3 Å². The molecule has 0 bridgehead atoms. The van der Waals surface area contributed by atoms with Crippen LogP contribution >= 0.6 is 0 Å². The Labute approximate surface area is 70.1 Å². The number of rotatable bonds is 3. The number of aromatic nitrogens is 2. The van der Waals surface area contributed by atoms with Gasteiger partial charge in [-0.2, -0.15) is 8.42 Å². The van der Waals surface area contributed by atoms with Crippen molar-refractivity contribution in [2.24, 2.45) is 0 Å². The average Bonchev–Trinajstić information content (AvgIpc) is 2.31. The highest BCUT2D eigenvalue weighted by Gasteiger charge is 2.06. The summed E-state index contributed by atoms with van der Waals surface area (Å²) in [6, 6.07) is 0. The van der Waals surface area contributed by atoms with Crippen LogP contribution in [-0.4, -0.2) is 22.5 Å². The summed E-state index contributed by atoms with van der Waals surface area (Å²) in [6.07, 6.45) is 2.78. The smallest absolute Gasteiger partial charge is 0.317 e. The van der Waals surface area contributed by atoms with Gasteiger partial charge in [0.05, 0.1) is 12.5 Å². The monoisotopic (exact) mass is 191 g/mol. The molecule has 12 heavy (non-hydrogen) atoms. The van der Waals surface area contributed by atoms with E-state index in [-0.39, 0.29) is 5.82 Å². The zero-order valence-corrected chi connectivity index (χ0v) is 7.24. The van der Waals surface area contributed by atoms with E-state index in [1.54, 1.807) is 4.57 Å². The SMILES string of the molecule is CCn1cncc1NS(=O)(=O)O. The molecule has 0 aromatic carbocycles. The molecule has 0 atom stereocenters. The first-order valence-corrected chi connectivity index (χ1v) is 4.72. The number of hydrogen-bond donors (Lipinski definition) is 2. The predicted octanol–water partition coefficient (Wildman–Crippen LogP) is 0.118. The first-order chi connectivity index (χ1) is 5.53. The summed E-state index contributed by atoms with van der Waals surface area (Å²) in [4.78, 5) is 3.70. The minimum absolute atomic E-state index is 0.250. The second-order valence-corrected chi connectivity index (χ2v) is 3.30. The molecule has 0 radical (unpaired) electrons. The van der Waals surface area contributed by atoms with Crippen molar-refractivity contribution in [1.82, 2.24) is 9.55 Å². The lowest BCUT2D eigenvalue weighted by molar-refractivity contribution is 0.489.